The molecule has 0 saturated heterocycles. The Morgan fingerprint density at radius 1 is 0.320 bits per heavy atom. The summed E-state index contributed by atoms with van der Waals surface area (Å²) >= 11 is 0. The van der Waals surface area contributed by atoms with Gasteiger partial charge in [-0.15, -0.1) is 0 Å². The molecule has 10 rings (SSSR count). The highest BCUT2D eigenvalue weighted by Crippen LogP contribution is 2.45. The lowest BCUT2D eigenvalue weighted by molar-refractivity contribution is 0.532. The molecular weight excluding hydrogens is 613 g/mol. The molecule has 6 aromatic carbocycles. The highest BCUT2D eigenvalue weighted by molar-refractivity contribution is 5.85. The number of hydrogen-bond acceptors (Lipinski definition) is 4. The first-order valence-electron chi connectivity index (χ1n) is 17.1. The van der Waals surface area contributed by atoms with Gasteiger partial charge in [-0.05, 0) is 118 Å². The van der Waals surface area contributed by atoms with E-state index in [-0.39, 0.29) is 0 Å². The van der Waals surface area contributed by atoms with Crippen molar-refractivity contribution in [3.63, 3.8) is 0 Å². The van der Waals surface area contributed by atoms with Crippen molar-refractivity contribution < 1.29 is 8.83 Å². The number of hydrogen-bond donors (Lipinski definition) is 0. The first-order valence-corrected chi connectivity index (χ1v) is 17.1. The average molecular weight is 645 g/mol. The lowest BCUT2D eigenvalue weighted by Gasteiger charge is -2.23. The molecule has 0 atom stereocenters. The maximum absolute atomic E-state index is 6.64. The van der Waals surface area contributed by atoms with E-state index in [4.69, 9.17) is 8.83 Å². The SMILES string of the molecule is c1ccc(N(c2ccc3c(c2)Cc2ccccc2-3)c2ccc(-c3ccc(N(c4ccccc4)c4ccc5c(c4)-c4ccccc4C5)o3)o2)cc1. The van der Waals surface area contributed by atoms with E-state index in [2.05, 4.69) is 143 Å². The van der Waals surface area contributed by atoms with Gasteiger partial charge in [0.05, 0.1) is 0 Å². The monoisotopic (exact) mass is 644 g/mol. The highest BCUT2D eigenvalue weighted by Gasteiger charge is 2.25. The fraction of sp³-hybridized carbons (Fsp3) is 0.0435. The lowest BCUT2D eigenvalue weighted by atomic mass is 10.0. The number of furan rings is 2. The second-order valence-corrected chi connectivity index (χ2v) is 13.0. The summed E-state index contributed by atoms with van der Waals surface area (Å²) in [7, 11) is 0. The smallest absolute Gasteiger partial charge is 0.205 e. The topological polar surface area (TPSA) is 32.8 Å². The fourth-order valence-corrected chi connectivity index (χ4v) is 7.64. The predicted molar refractivity (Wildman–Crippen MR) is 202 cm³/mol. The molecule has 2 aromatic heterocycles. The summed E-state index contributed by atoms with van der Waals surface area (Å²) in [6.07, 6.45) is 1.89. The molecule has 0 spiro atoms. The van der Waals surface area contributed by atoms with Crippen molar-refractivity contribution in [1.82, 2.24) is 0 Å². The number of benzene rings is 6. The third-order valence-electron chi connectivity index (χ3n) is 9.97. The molecule has 2 aliphatic carbocycles. The van der Waals surface area contributed by atoms with E-state index in [0.717, 1.165) is 41.5 Å². The number of para-hydroxylation sites is 2. The maximum Gasteiger partial charge on any atom is 0.205 e. The summed E-state index contributed by atoms with van der Waals surface area (Å²) in [4.78, 5) is 4.35. The van der Waals surface area contributed by atoms with Crippen LogP contribution in [0, 0.1) is 0 Å². The molecule has 0 bridgehead atoms. The Bertz CT molecular complexity index is 2510. The highest BCUT2D eigenvalue weighted by atomic mass is 16.4. The van der Waals surface area contributed by atoms with Gasteiger partial charge in [0.15, 0.2) is 11.5 Å². The van der Waals surface area contributed by atoms with Crippen molar-refractivity contribution in [3.05, 3.63) is 192 Å². The standard InChI is InChI=1S/C46H32N2O2/c1-3-13-35(14-4-1)47(37-21-22-41-34(29-37)28-32-12-7-9-17-39(32)41)45-25-23-43(49-45)44-24-26-46(50-44)48(36-15-5-2-6-16-36)38-20-19-33-27-31-11-8-10-18-40(31)42(33)30-38/h1-26,29-30H,27-28H2. The number of nitrogens with zero attached hydrogens (tertiary/aromatic N) is 2. The Hall–Kier alpha value is -6.52. The fourth-order valence-electron chi connectivity index (χ4n) is 7.64. The molecule has 238 valence electrons. The van der Waals surface area contributed by atoms with Crippen LogP contribution < -0.4 is 9.80 Å². The van der Waals surface area contributed by atoms with Gasteiger partial charge in [-0.3, -0.25) is 9.80 Å². The van der Waals surface area contributed by atoms with E-state index in [0.29, 0.717) is 17.4 Å². The van der Waals surface area contributed by atoms with Crippen LogP contribution >= 0.6 is 0 Å². The van der Waals surface area contributed by atoms with Crippen molar-refractivity contribution in [2.75, 3.05) is 9.80 Å². The number of anilines is 6. The van der Waals surface area contributed by atoms with Gasteiger partial charge in [-0.25, -0.2) is 0 Å². The van der Waals surface area contributed by atoms with Crippen LogP contribution in [0.2, 0.25) is 0 Å². The third kappa shape index (κ3) is 4.76. The molecule has 0 fully saturated rings. The molecule has 4 nitrogen and oxygen atoms in total. The summed E-state index contributed by atoms with van der Waals surface area (Å²) in [5.74, 6) is 2.76. The van der Waals surface area contributed by atoms with Crippen molar-refractivity contribution in [2.24, 2.45) is 0 Å². The Morgan fingerprint density at radius 3 is 1.40 bits per heavy atom. The molecule has 0 aliphatic heterocycles. The Morgan fingerprint density at radius 2 is 0.780 bits per heavy atom. The first-order chi connectivity index (χ1) is 24.8. The van der Waals surface area contributed by atoms with E-state index in [1.807, 2.05) is 36.4 Å². The quantitative estimate of drug-likeness (QED) is 0.173. The zero-order chi connectivity index (χ0) is 33.0. The molecule has 0 radical (unpaired) electrons. The molecular formula is C46H32N2O2. The number of fused-ring (bicyclic) bond motifs is 6. The van der Waals surface area contributed by atoms with E-state index >= 15 is 0 Å². The second kappa shape index (κ2) is 11.6. The summed E-state index contributed by atoms with van der Waals surface area (Å²) < 4.78 is 13.3. The van der Waals surface area contributed by atoms with E-state index in [1.54, 1.807) is 0 Å². The third-order valence-corrected chi connectivity index (χ3v) is 9.97. The molecule has 0 N–H and O–H groups in total. The van der Waals surface area contributed by atoms with Crippen LogP contribution in [0.1, 0.15) is 22.3 Å². The van der Waals surface area contributed by atoms with Crippen LogP contribution in [0.4, 0.5) is 34.5 Å². The van der Waals surface area contributed by atoms with E-state index < -0.39 is 0 Å². The van der Waals surface area contributed by atoms with E-state index in [1.165, 1.54) is 44.5 Å². The van der Waals surface area contributed by atoms with Crippen molar-refractivity contribution in [1.29, 1.82) is 0 Å². The largest absolute Gasteiger partial charge is 0.437 e. The van der Waals surface area contributed by atoms with Crippen LogP contribution in [-0.4, -0.2) is 0 Å². The van der Waals surface area contributed by atoms with Crippen molar-refractivity contribution >= 4 is 34.5 Å². The minimum absolute atomic E-state index is 0.663. The van der Waals surface area contributed by atoms with Crippen molar-refractivity contribution in [2.45, 2.75) is 12.8 Å². The summed E-state index contributed by atoms with van der Waals surface area (Å²) in [5.41, 5.74) is 14.8. The maximum atomic E-state index is 6.64. The van der Waals surface area contributed by atoms with Gasteiger partial charge >= 0.3 is 0 Å². The first kappa shape index (κ1) is 28.5. The lowest BCUT2D eigenvalue weighted by Crippen LogP contribution is -2.09. The van der Waals surface area contributed by atoms with Gasteiger partial charge in [0, 0.05) is 34.9 Å². The number of rotatable bonds is 7. The normalized spacial score (nSPS) is 12.2. The van der Waals surface area contributed by atoms with Gasteiger partial charge in [0.2, 0.25) is 11.8 Å². The minimum atomic E-state index is 0.663. The van der Waals surface area contributed by atoms with Gasteiger partial charge in [0.1, 0.15) is 0 Å². The van der Waals surface area contributed by atoms with Crippen LogP contribution in [0.3, 0.4) is 0 Å². The predicted octanol–water partition coefficient (Wildman–Crippen LogP) is 12.6. The Labute approximate surface area is 291 Å². The molecule has 0 unspecified atom stereocenters. The van der Waals surface area contributed by atoms with Gasteiger partial charge < -0.3 is 8.83 Å². The van der Waals surface area contributed by atoms with Gasteiger partial charge in [0.25, 0.3) is 0 Å². The van der Waals surface area contributed by atoms with Crippen LogP contribution in [0.5, 0.6) is 0 Å². The van der Waals surface area contributed by atoms with Crippen molar-refractivity contribution in [3.8, 4) is 33.8 Å². The molecule has 2 aliphatic rings. The summed E-state index contributed by atoms with van der Waals surface area (Å²) in [6, 6.07) is 59.6. The molecule has 2 heterocycles. The van der Waals surface area contributed by atoms with E-state index in [9.17, 15) is 0 Å². The minimum Gasteiger partial charge on any atom is -0.437 e. The average Bonchev–Trinajstić information content (AvgIpc) is 3.98. The van der Waals surface area contributed by atoms with Gasteiger partial charge in [-0.2, -0.15) is 0 Å². The van der Waals surface area contributed by atoms with Crippen LogP contribution in [0.25, 0.3) is 33.8 Å². The second-order valence-electron chi connectivity index (χ2n) is 13.0. The zero-order valence-corrected chi connectivity index (χ0v) is 27.3. The zero-order valence-electron chi connectivity index (χ0n) is 27.3. The van der Waals surface area contributed by atoms with Crippen LogP contribution in [0.15, 0.2) is 179 Å². The Balaban J connectivity index is 1.02. The molecule has 50 heavy (non-hydrogen) atoms. The van der Waals surface area contributed by atoms with Crippen LogP contribution in [-0.2, 0) is 12.8 Å². The summed E-state index contributed by atoms with van der Waals surface area (Å²) in [6.45, 7) is 0. The molecule has 4 heteroatoms. The Kier molecular flexibility index (Phi) is 6.59. The molecule has 0 amide bonds. The van der Waals surface area contributed by atoms with Gasteiger partial charge in [-0.1, -0.05) is 97.1 Å². The molecule has 8 aromatic rings. The molecule has 0 saturated carbocycles. The summed E-state index contributed by atoms with van der Waals surface area (Å²) in [5, 5.41) is 0.